The van der Waals surface area contributed by atoms with Crippen molar-refractivity contribution in [1.82, 2.24) is 9.62 Å². The lowest BCUT2D eigenvalue weighted by molar-refractivity contribution is 0.257. The molecule has 1 heterocycles. The van der Waals surface area contributed by atoms with Gasteiger partial charge in [0.05, 0.1) is 6.26 Å². The molecule has 0 radical (unpaired) electrons. The van der Waals surface area contributed by atoms with Crippen LogP contribution in [0.5, 0.6) is 0 Å². The highest BCUT2D eigenvalue weighted by atomic mass is 32.2. The standard InChI is InChI=1S/C15H24N2O2S/c1-13(15-8-4-3-5-9-15)16-11-14-7-6-10-17(12-14)20(2,18)19/h3-5,8-9,13-14,16H,6-7,10-12H2,1-2H3/t13-,14?/m1/s1. The molecule has 1 saturated heterocycles. The molecule has 0 saturated carbocycles. The van der Waals surface area contributed by atoms with Crippen LogP contribution in [0, 0.1) is 5.92 Å². The van der Waals surface area contributed by atoms with E-state index in [0.29, 0.717) is 25.0 Å². The number of sulfonamides is 1. The monoisotopic (exact) mass is 296 g/mol. The predicted molar refractivity (Wildman–Crippen MR) is 82.0 cm³/mol. The maximum atomic E-state index is 11.6. The second-order valence-electron chi connectivity index (χ2n) is 5.67. The molecule has 0 spiro atoms. The van der Waals surface area contributed by atoms with Crippen LogP contribution in [-0.4, -0.2) is 38.6 Å². The summed E-state index contributed by atoms with van der Waals surface area (Å²) in [5.74, 6) is 0.407. The van der Waals surface area contributed by atoms with Crippen LogP contribution >= 0.6 is 0 Å². The van der Waals surface area contributed by atoms with Crippen LogP contribution in [-0.2, 0) is 10.0 Å². The fourth-order valence-corrected chi connectivity index (χ4v) is 3.64. The lowest BCUT2D eigenvalue weighted by atomic mass is 9.99. The Morgan fingerprint density at radius 2 is 2.05 bits per heavy atom. The number of nitrogens with one attached hydrogen (secondary N) is 1. The number of hydrogen-bond donors (Lipinski definition) is 1. The summed E-state index contributed by atoms with van der Waals surface area (Å²) >= 11 is 0. The Kier molecular flexibility index (Phi) is 5.18. The van der Waals surface area contributed by atoms with Crippen molar-refractivity contribution in [1.29, 1.82) is 0 Å². The van der Waals surface area contributed by atoms with E-state index in [1.54, 1.807) is 4.31 Å². The van der Waals surface area contributed by atoms with Gasteiger partial charge in [-0.15, -0.1) is 0 Å². The van der Waals surface area contributed by atoms with E-state index in [1.807, 2.05) is 18.2 Å². The minimum absolute atomic E-state index is 0.296. The summed E-state index contributed by atoms with van der Waals surface area (Å²) in [5, 5.41) is 3.52. The highest BCUT2D eigenvalue weighted by molar-refractivity contribution is 7.88. The second kappa shape index (κ2) is 6.70. The van der Waals surface area contributed by atoms with Crippen LogP contribution in [0.15, 0.2) is 30.3 Å². The molecule has 1 aromatic rings. The van der Waals surface area contributed by atoms with E-state index in [4.69, 9.17) is 0 Å². The molecule has 4 nitrogen and oxygen atoms in total. The minimum atomic E-state index is -3.04. The summed E-state index contributed by atoms with van der Waals surface area (Å²) in [5.41, 5.74) is 1.27. The summed E-state index contributed by atoms with van der Waals surface area (Å²) in [7, 11) is -3.04. The Hall–Kier alpha value is -0.910. The quantitative estimate of drug-likeness (QED) is 0.904. The van der Waals surface area contributed by atoms with E-state index in [0.717, 1.165) is 19.4 Å². The van der Waals surface area contributed by atoms with Gasteiger partial charge in [-0.05, 0) is 37.8 Å². The van der Waals surface area contributed by atoms with E-state index >= 15 is 0 Å². The highest BCUT2D eigenvalue weighted by Gasteiger charge is 2.25. The van der Waals surface area contributed by atoms with Gasteiger partial charge in [0.25, 0.3) is 0 Å². The topological polar surface area (TPSA) is 49.4 Å². The maximum Gasteiger partial charge on any atom is 0.211 e. The molecule has 1 fully saturated rings. The molecule has 1 aliphatic heterocycles. The minimum Gasteiger partial charge on any atom is -0.310 e. The average molecular weight is 296 g/mol. The van der Waals surface area contributed by atoms with Gasteiger partial charge in [0.2, 0.25) is 10.0 Å². The Bertz CT molecular complexity index is 516. The molecule has 1 unspecified atom stereocenters. The molecule has 2 atom stereocenters. The summed E-state index contributed by atoms with van der Waals surface area (Å²) in [6, 6.07) is 10.6. The Morgan fingerprint density at radius 3 is 2.70 bits per heavy atom. The molecular weight excluding hydrogens is 272 g/mol. The van der Waals surface area contributed by atoms with Crippen molar-refractivity contribution in [3.05, 3.63) is 35.9 Å². The summed E-state index contributed by atoms with van der Waals surface area (Å²) in [6.45, 7) is 4.32. The lowest BCUT2D eigenvalue weighted by Gasteiger charge is -2.31. The SMILES string of the molecule is C[C@@H](NCC1CCCN(S(C)(=O)=O)C1)c1ccccc1. The third kappa shape index (κ3) is 4.30. The molecule has 1 N–H and O–H groups in total. The van der Waals surface area contributed by atoms with Crippen molar-refractivity contribution >= 4 is 10.0 Å². The Morgan fingerprint density at radius 1 is 1.35 bits per heavy atom. The first-order valence-electron chi connectivity index (χ1n) is 7.20. The van der Waals surface area contributed by atoms with Crippen LogP contribution in [0.4, 0.5) is 0 Å². The molecule has 20 heavy (non-hydrogen) atoms. The molecule has 5 heteroatoms. The van der Waals surface area contributed by atoms with Gasteiger partial charge in [0.15, 0.2) is 0 Å². The van der Waals surface area contributed by atoms with E-state index in [1.165, 1.54) is 11.8 Å². The fraction of sp³-hybridized carbons (Fsp3) is 0.600. The molecule has 2 rings (SSSR count). The summed E-state index contributed by atoms with van der Waals surface area (Å²) in [6.07, 6.45) is 3.36. The number of piperidine rings is 1. The molecule has 0 aromatic heterocycles. The van der Waals surface area contributed by atoms with E-state index in [9.17, 15) is 8.42 Å². The zero-order valence-corrected chi connectivity index (χ0v) is 13.1. The van der Waals surface area contributed by atoms with Crippen LogP contribution in [0.1, 0.15) is 31.4 Å². The second-order valence-corrected chi connectivity index (χ2v) is 7.65. The van der Waals surface area contributed by atoms with Crippen LogP contribution in [0.3, 0.4) is 0 Å². The highest BCUT2D eigenvalue weighted by Crippen LogP contribution is 2.19. The Labute approximate surface area is 122 Å². The smallest absolute Gasteiger partial charge is 0.211 e. The maximum absolute atomic E-state index is 11.6. The van der Waals surface area contributed by atoms with Crippen molar-refractivity contribution in [2.45, 2.75) is 25.8 Å². The largest absolute Gasteiger partial charge is 0.310 e. The van der Waals surface area contributed by atoms with Crippen LogP contribution < -0.4 is 5.32 Å². The number of rotatable bonds is 5. The van der Waals surface area contributed by atoms with Crippen molar-refractivity contribution in [2.24, 2.45) is 5.92 Å². The molecular formula is C15H24N2O2S. The zero-order valence-electron chi connectivity index (χ0n) is 12.2. The van der Waals surface area contributed by atoms with E-state index in [-0.39, 0.29) is 0 Å². The van der Waals surface area contributed by atoms with Crippen molar-refractivity contribution in [2.75, 3.05) is 25.9 Å². The van der Waals surface area contributed by atoms with Crippen LogP contribution in [0.25, 0.3) is 0 Å². The van der Waals surface area contributed by atoms with Crippen LogP contribution in [0.2, 0.25) is 0 Å². The molecule has 112 valence electrons. The van der Waals surface area contributed by atoms with Gasteiger partial charge in [-0.3, -0.25) is 0 Å². The molecule has 0 aliphatic carbocycles. The van der Waals surface area contributed by atoms with Gasteiger partial charge in [-0.25, -0.2) is 12.7 Å². The first kappa shape index (κ1) is 15.5. The van der Waals surface area contributed by atoms with Gasteiger partial charge in [-0.2, -0.15) is 0 Å². The zero-order chi connectivity index (χ0) is 14.6. The first-order chi connectivity index (χ1) is 9.47. The normalized spacial score (nSPS) is 22.6. The van der Waals surface area contributed by atoms with Gasteiger partial charge in [0, 0.05) is 19.1 Å². The molecule has 0 bridgehead atoms. The third-order valence-electron chi connectivity index (χ3n) is 3.96. The van der Waals surface area contributed by atoms with E-state index < -0.39 is 10.0 Å². The van der Waals surface area contributed by atoms with Gasteiger partial charge in [-0.1, -0.05) is 30.3 Å². The van der Waals surface area contributed by atoms with Crippen molar-refractivity contribution in [3.63, 3.8) is 0 Å². The number of hydrogen-bond acceptors (Lipinski definition) is 3. The fourth-order valence-electron chi connectivity index (χ4n) is 2.70. The summed E-state index contributed by atoms with van der Waals surface area (Å²) in [4.78, 5) is 0. The van der Waals surface area contributed by atoms with Crippen molar-refractivity contribution in [3.8, 4) is 0 Å². The molecule has 0 amide bonds. The first-order valence-corrected chi connectivity index (χ1v) is 9.05. The number of nitrogens with zero attached hydrogens (tertiary/aromatic N) is 1. The lowest BCUT2D eigenvalue weighted by Crippen LogP contribution is -2.42. The number of benzene rings is 1. The predicted octanol–water partition coefficient (Wildman–Crippen LogP) is 2.01. The summed E-state index contributed by atoms with van der Waals surface area (Å²) < 4.78 is 24.8. The van der Waals surface area contributed by atoms with Gasteiger partial charge < -0.3 is 5.32 Å². The van der Waals surface area contributed by atoms with Gasteiger partial charge >= 0.3 is 0 Å². The average Bonchev–Trinajstić information content (AvgIpc) is 2.45. The third-order valence-corrected chi connectivity index (χ3v) is 5.23. The molecule has 1 aliphatic rings. The van der Waals surface area contributed by atoms with Crippen molar-refractivity contribution < 1.29 is 8.42 Å². The van der Waals surface area contributed by atoms with E-state index in [2.05, 4.69) is 24.4 Å². The van der Waals surface area contributed by atoms with Gasteiger partial charge in [0.1, 0.15) is 0 Å². The molecule has 1 aromatic carbocycles. The Balaban J connectivity index is 1.85.